The highest BCUT2D eigenvalue weighted by Gasteiger charge is 2.30. The average molecular weight is 331 g/mol. The smallest absolute Gasteiger partial charge is 0.318 e. The monoisotopic (exact) mass is 331 g/mol. The van der Waals surface area contributed by atoms with Gasteiger partial charge in [0, 0.05) is 17.6 Å². The van der Waals surface area contributed by atoms with Gasteiger partial charge in [-0.1, -0.05) is 18.2 Å². The van der Waals surface area contributed by atoms with Crippen LogP contribution in [-0.4, -0.2) is 37.8 Å². The molecule has 0 aliphatic heterocycles. The number of benzene rings is 1. The molecular formula is C17H22FN5O. The molecule has 1 heterocycles. The van der Waals surface area contributed by atoms with Gasteiger partial charge in [0.15, 0.2) is 0 Å². The van der Waals surface area contributed by atoms with E-state index in [1.165, 1.54) is 12.4 Å². The Labute approximate surface area is 140 Å². The first-order chi connectivity index (χ1) is 11.6. The van der Waals surface area contributed by atoms with Gasteiger partial charge in [-0.25, -0.2) is 14.2 Å². The van der Waals surface area contributed by atoms with E-state index >= 15 is 0 Å². The second-order valence-corrected chi connectivity index (χ2v) is 6.27. The maximum absolute atomic E-state index is 13.9. The summed E-state index contributed by atoms with van der Waals surface area (Å²) in [5.41, 5.74) is 0.545. The summed E-state index contributed by atoms with van der Waals surface area (Å²) in [6, 6.07) is 6.54. The number of amides is 2. The van der Waals surface area contributed by atoms with E-state index in [0.29, 0.717) is 18.7 Å². The first kappa shape index (κ1) is 16.4. The quantitative estimate of drug-likeness (QED) is 0.885. The molecule has 7 heteroatoms. The Bertz CT molecular complexity index is 671. The number of carbonyl (C=O) groups excluding carboxylic acids is 1. The van der Waals surface area contributed by atoms with E-state index in [0.717, 1.165) is 19.3 Å². The van der Waals surface area contributed by atoms with Gasteiger partial charge < -0.3 is 10.2 Å². The first-order valence-electron chi connectivity index (χ1n) is 8.26. The molecule has 1 aromatic carbocycles. The summed E-state index contributed by atoms with van der Waals surface area (Å²) in [5.74, 6) is -0.273. The molecular weight excluding hydrogens is 309 g/mol. The van der Waals surface area contributed by atoms with Crippen molar-refractivity contribution >= 4 is 6.03 Å². The topological polar surface area (TPSA) is 63.1 Å². The van der Waals surface area contributed by atoms with Crippen molar-refractivity contribution in [2.45, 2.75) is 51.4 Å². The fraction of sp³-hybridized carbons (Fsp3) is 0.471. The lowest BCUT2D eigenvalue weighted by atomic mass is 9.91. The highest BCUT2D eigenvalue weighted by molar-refractivity contribution is 5.75. The molecule has 1 N–H and O–H groups in total. The SMILES string of the molecule is CC(Cn1cncn1)NC(=O)N(Cc1ccccc1F)C1CCC1. The van der Waals surface area contributed by atoms with Crippen molar-refractivity contribution in [2.75, 3.05) is 0 Å². The highest BCUT2D eigenvalue weighted by atomic mass is 19.1. The van der Waals surface area contributed by atoms with Crippen molar-refractivity contribution in [2.24, 2.45) is 0 Å². The van der Waals surface area contributed by atoms with Gasteiger partial charge in [0.05, 0.1) is 13.1 Å². The lowest BCUT2D eigenvalue weighted by molar-refractivity contribution is 0.129. The van der Waals surface area contributed by atoms with Gasteiger partial charge in [-0.15, -0.1) is 0 Å². The summed E-state index contributed by atoms with van der Waals surface area (Å²) < 4.78 is 15.6. The van der Waals surface area contributed by atoms with E-state index < -0.39 is 0 Å². The molecule has 0 radical (unpaired) electrons. The molecule has 1 unspecified atom stereocenters. The molecule has 1 aromatic heterocycles. The maximum Gasteiger partial charge on any atom is 0.318 e. The molecule has 1 fully saturated rings. The van der Waals surface area contributed by atoms with E-state index in [4.69, 9.17) is 0 Å². The molecule has 0 saturated heterocycles. The van der Waals surface area contributed by atoms with Gasteiger partial charge in [-0.2, -0.15) is 5.10 Å². The number of rotatable bonds is 6. The van der Waals surface area contributed by atoms with Crippen LogP contribution in [0.25, 0.3) is 0 Å². The molecule has 1 aliphatic carbocycles. The summed E-state index contributed by atoms with van der Waals surface area (Å²) in [7, 11) is 0. The summed E-state index contributed by atoms with van der Waals surface area (Å²) in [4.78, 5) is 18.3. The van der Waals surface area contributed by atoms with Crippen LogP contribution in [0.3, 0.4) is 0 Å². The molecule has 0 bridgehead atoms. The minimum atomic E-state index is -0.273. The second-order valence-electron chi connectivity index (χ2n) is 6.27. The van der Waals surface area contributed by atoms with E-state index in [1.54, 1.807) is 34.1 Å². The Morgan fingerprint density at radius 3 is 2.88 bits per heavy atom. The molecule has 3 rings (SSSR count). The molecule has 2 amide bonds. The van der Waals surface area contributed by atoms with Crippen molar-refractivity contribution in [3.8, 4) is 0 Å². The fourth-order valence-electron chi connectivity index (χ4n) is 2.82. The zero-order chi connectivity index (χ0) is 16.9. The number of hydrogen-bond donors (Lipinski definition) is 1. The summed E-state index contributed by atoms with van der Waals surface area (Å²) in [6.07, 6.45) is 6.14. The Morgan fingerprint density at radius 1 is 1.46 bits per heavy atom. The molecule has 1 aliphatic rings. The zero-order valence-corrected chi connectivity index (χ0v) is 13.7. The number of urea groups is 1. The van der Waals surface area contributed by atoms with Gasteiger partial charge in [0.1, 0.15) is 18.5 Å². The van der Waals surface area contributed by atoms with Crippen LogP contribution in [-0.2, 0) is 13.1 Å². The Morgan fingerprint density at radius 2 is 2.25 bits per heavy atom. The zero-order valence-electron chi connectivity index (χ0n) is 13.7. The molecule has 2 aromatic rings. The third-order valence-electron chi connectivity index (χ3n) is 4.37. The van der Waals surface area contributed by atoms with Crippen molar-refractivity contribution in [3.05, 3.63) is 48.3 Å². The molecule has 1 atom stereocenters. The van der Waals surface area contributed by atoms with Crippen molar-refractivity contribution < 1.29 is 9.18 Å². The fourth-order valence-corrected chi connectivity index (χ4v) is 2.82. The normalized spacial score (nSPS) is 15.6. The number of halogens is 1. The van der Waals surface area contributed by atoms with Gasteiger partial charge >= 0.3 is 6.03 Å². The maximum atomic E-state index is 13.9. The molecule has 128 valence electrons. The number of aromatic nitrogens is 3. The van der Waals surface area contributed by atoms with Crippen molar-refractivity contribution in [1.29, 1.82) is 0 Å². The first-order valence-corrected chi connectivity index (χ1v) is 8.26. The van der Waals surface area contributed by atoms with Crippen molar-refractivity contribution in [3.63, 3.8) is 0 Å². The van der Waals surface area contributed by atoms with Gasteiger partial charge in [0.25, 0.3) is 0 Å². The van der Waals surface area contributed by atoms with Crippen LogP contribution in [0.5, 0.6) is 0 Å². The van der Waals surface area contributed by atoms with E-state index in [9.17, 15) is 9.18 Å². The Balaban J connectivity index is 1.64. The molecule has 0 spiro atoms. The standard InChI is InChI=1S/C17H22FN5O/c1-13(9-22-12-19-11-20-22)21-17(24)23(15-6-4-7-15)10-14-5-2-3-8-16(14)18/h2-3,5,8,11-13,15H,4,6-7,9-10H2,1H3,(H,21,24). The predicted octanol–water partition coefficient (Wildman–Crippen LogP) is 2.57. The number of nitrogens with zero attached hydrogens (tertiary/aromatic N) is 4. The second kappa shape index (κ2) is 7.42. The lowest BCUT2D eigenvalue weighted by Gasteiger charge is -2.38. The van der Waals surface area contributed by atoms with E-state index in [1.807, 2.05) is 6.92 Å². The van der Waals surface area contributed by atoms with E-state index in [2.05, 4.69) is 15.4 Å². The third-order valence-corrected chi connectivity index (χ3v) is 4.37. The number of hydrogen-bond acceptors (Lipinski definition) is 3. The molecule has 24 heavy (non-hydrogen) atoms. The third kappa shape index (κ3) is 3.90. The number of carbonyl (C=O) groups is 1. The van der Waals surface area contributed by atoms with Crippen LogP contribution in [0, 0.1) is 5.82 Å². The van der Waals surface area contributed by atoms with Gasteiger partial charge in [-0.3, -0.25) is 4.68 Å². The van der Waals surface area contributed by atoms with Gasteiger partial charge in [-0.05, 0) is 32.3 Å². The Kier molecular flexibility index (Phi) is 5.08. The van der Waals surface area contributed by atoms with Gasteiger partial charge in [0.2, 0.25) is 0 Å². The summed E-state index contributed by atoms with van der Waals surface area (Å²) in [6.45, 7) is 2.75. The van der Waals surface area contributed by atoms with Crippen LogP contribution < -0.4 is 5.32 Å². The van der Waals surface area contributed by atoms with E-state index in [-0.39, 0.29) is 23.9 Å². The minimum Gasteiger partial charge on any atom is -0.334 e. The van der Waals surface area contributed by atoms with Crippen molar-refractivity contribution in [1.82, 2.24) is 25.0 Å². The predicted molar refractivity (Wildman–Crippen MR) is 87.6 cm³/mol. The minimum absolute atomic E-state index is 0.0950. The summed E-state index contributed by atoms with van der Waals surface area (Å²) >= 11 is 0. The van der Waals surface area contributed by atoms with Crippen LogP contribution in [0.15, 0.2) is 36.9 Å². The molecule has 6 nitrogen and oxygen atoms in total. The lowest BCUT2D eigenvalue weighted by Crippen LogP contribution is -2.51. The van der Waals surface area contributed by atoms with Crippen LogP contribution in [0.2, 0.25) is 0 Å². The van der Waals surface area contributed by atoms with Crippen LogP contribution in [0.4, 0.5) is 9.18 Å². The van der Waals surface area contributed by atoms with Crippen LogP contribution in [0.1, 0.15) is 31.7 Å². The Hall–Kier alpha value is -2.44. The number of nitrogens with one attached hydrogen (secondary N) is 1. The summed E-state index contributed by atoms with van der Waals surface area (Å²) in [5, 5.41) is 7.02. The molecule has 1 saturated carbocycles. The van der Waals surface area contributed by atoms with Crippen LogP contribution >= 0.6 is 0 Å². The largest absolute Gasteiger partial charge is 0.334 e. The average Bonchev–Trinajstić information content (AvgIpc) is 2.99. The highest BCUT2D eigenvalue weighted by Crippen LogP contribution is 2.27.